The number of hydrogen-bond acceptors (Lipinski definition) is 6. The van der Waals surface area contributed by atoms with E-state index in [1.54, 1.807) is 0 Å². The summed E-state index contributed by atoms with van der Waals surface area (Å²) in [6.07, 6.45) is 74.0. The molecule has 6 heteroatoms. The Morgan fingerprint density at radius 3 is 0.803 bits per heavy atom. The van der Waals surface area contributed by atoms with Crippen LogP contribution in [0.1, 0.15) is 329 Å². The molecule has 6 nitrogen and oxygen atoms in total. The highest BCUT2D eigenvalue weighted by atomic mass is 16.6. The van der Waals surface area contributed by atoms with E-state index in [9.17, 15) is 14.4 Å². The Balaban J connectivity index is 4.24. The van der Waals surface area contributed by atoms with Gasteiger partial charge in [0.15, 0.2) is 6.10 Å². The van der Waals surface area contributed by atoms with Gasteiger partial charge in [0, 0.05) is 19.3 Å². The van der Waals surface area contributed by atoms with E-state index in [-0.39, 0.29) is 31.1 Å². The summed E-state index contributed by atoms with van der Waals surface area (Å²) >= 11 is 0. The Labute approximate surface area is 441 Å². The van der Waals surface area contributed by atoms with Crippen LogP contribution in [0.15, 0.2) is 48.6 Å². The van der Waals surface area contributed by atoms with E-state index in [2.05, 4.69) is 69.4 Å². The molecule has 0 aliphatic heterocycles. The highest BCUT2D eigenvalue weighted by molar-refractivity contribution is 5.71. The predicted octanol–water partition coefficient (Wildman–Crippen LogP) is 21.0. The van der Waals surface area contributed by atoms with Crippen LogP contribution in [-0.2, 0) is 28.6 Å². The van der Waals surface area contributed by atoms with Gasteiger partial charge in [-0.1, -0.05) is 275 Å². The molecule has 0 radical (unpaired) electrons. The SMILES string of the molecule is CCCCC/C=C\C/C=C\CCCCCCCCCC(=O)OC(COC(=O)CCCCCCCCCCCCC)COC(=O)CCCCCCCCCCCCCCC/C=C\C/C=C\CCCCCCC. The first kappa shape index (κ1) is 68.4. The first-order valence-electron chi connectivity index (χ1n) is 31.1. The second-order valence-corrected chi connectivity index (χ2v) is 21.0. The minimum atomic E-state index is -0.775. The van der Waals surface area contributed by atoms with Crippen molar-refractivity contribution < 1.29 is 28.6 Å². The number of carbonyl (C=O) groups is 3. The van der Waals surface area contributed by atoms with Crippen LogP contribution in [-0.4, -0.2) is 37.2 Å². The smallest absolute Gasteiger partial charge is 0.306 e. The van der Waals surface area contributed by atoms with E-state index in [4.69, 9.17) is 14.2 Å². The molecule has 0 amide bonds. The number of unbranched alkanes of at least 4 members (excludes halogenated alkanes) is 38. The van der Waals surface area contributed by atoms with Gasteiger partial charge in [-0.05, 0) is 83.5 Å². The monoisotopic (exact) mass is 995 g/mol. The van der Waals surface area contributed by atoms with Crippen molar-refractivity contribution in [3.8, 4) is 0 Å². The molecular weight excluding hydrogens is 877 g/mol. The Kier molecular flexibility index (Phi) is 57.7. The second-order valence-electron chi connectivity index (χ2n) is 21.0. The summed E-state index contributed by atoms with van der Waals surface area (Å²) in [4.78, 5) is 38.2. The van der Waals surface area contributed by atoms with Crippen molar-refractivity contribution >= 4 is 17.9 Å². The molecule has 0 aromatic heterocycles. The van der Waals surface area contributed by atoms with Crippen LogP contribution in [0.5, 0.6) is 0 Å². The van der Waals surface area contributed by atoms with Crippen LogP contribution in [0, 0.1) is 0 Å². The highest BCUT2D eigenvalue weighted by Gasteiger charge is 2.19. The van der Waals surface area contributed by atoms with Gasteiger partial charge in [0.2, 0.25) is 0 Å². The van der Waals surface area contributed by atoms with E-state index >= 15 is 0 Å². The molecule has 0 heterocycles. The Morgan fingerprint density at radius 2 is 0.507 bits per heavy atom. The minimum absolute atomic E-state index is 0.0730. The lowest BCUT2D eigenvalue weighted by molar-refractivity contribution is -0.167. The van der Waals surface area contributed by atoms with Gasteiger partial charge in [-0.15, -0.1) is 0 Å². The summed E-state index contributed by atoms with van der Waals surface area (Å²) in [5.74, 6) is -0.865. The standard InChI is InChI=1S/C65H118O6/c1-4-7-10-13-16-19-22-24-26-28-29-30-31-32-33-34-35-37-38-40-43-46-49-52-55-58-64(67)70-61-62(60-69-63(66)57-54-51-48-45-42-21-18-15-12-9-6-3)71-65(68)59-56-53-50-47-44-41-39-36-27-25-23-20-17-14-11-8-5-2/h17,20,22,24-25,27-29,62H,4-16,18-19,21,23,26,30-61H2,1-3H3/b20-17-,24-22-,27-25-,29-28-. The molecule has 0 N–H and O–H groups in total. The lowest BCUT2D eigenvalue weighted by Crippen LogP contribution is -2.30. The number of hydrogen-bond donors (Lipinski definition) is 0. The normalized spacial score (nSPS) is 12.3. The minimum Gasteiger partial charge on any atom is -0.462 e. The molecule has 0 fully saturated rings. The van der Waals surface area contributed by atoms with Crippen LogP contribution >= 0.6 is 0 Å². The molecule has 0 aromatic carbocycles. The molecule has 0 bridgehead atoms. The molecule has 71 heavy (non-hydrogen) atoms. The van der Waals surface area contributed by atoms with Crippen molar-refractivity contribution in [2.45, 2.75) is 335 Å². The Hall–Kier alpha value is -2.63. The van der Waals surface area contributed by atoms with E-state index in [0.29, 0.717) is 19.3 Å². The molecule has 0 rings (SSSR count). The summed E-state index contributed by atoms with van der Waals surface area (Å²) in [6.45, 7) is 6.63. The second kappa shape index (κ2) is 59.9. The van der Waals surface area contributed by atoms with Crippen molar-refractivity contribution in [2.75, 3.05) is 13.2 Å². The van der Waals surface area contributed by atoms with E-state index in [1.807, 2.05) is 0 Å². The molecule has 1 atom stereocenters. The molecule has 0 saturated heterocycles. The number of carbonyl (C=O) groups excluding carboxylic acids is 3. The molecule has 0 saturated carbocycles. The zero-order valence-corrected chi connectivity index (χ0v) is 47.5. The molecule has 1 unspecified atom stereocenters. The first-order chi connectivity index (χ1) is 35.0. The maximum absolute atomic E-state index is 12.9. The summed E-state index contributed by atoms with van der Waals surface area (Å²) in [7, 11) is 0. The van der Waals surface area contributed by atoms with Gasteiger partial charge in [-0.25, -0.2) is 0 Å². The van der Waals surface area contributed by atoms with Crippen molar-refractivity contribution in [1.29, 1.82) is 0 Å². The van der Waals surface area contributed by atoms with Gasteiger partial charge in [-0.2, -0.15) is 0 Å². The third-order valence-corrected chi connectivity index (χ3v) is 13.8. The molecular formula is C65H118O6. The molecule has 414 valence electrons. The van der Waals surface area contributed by atoms with Crippen molar-refractivity contribution in [1.82, 2.24) is 0 Å². The third kappa shape index (κ3) is 58.1. The number of allylic oxidation sites excluding steroid dienone is 8. The third-order valence-electron chi connectivity index (χ3n) is 13.8. The van der Waals surface area contributed by atoms with E-state index in [1.165, 1.54) is 212 Å². The van der Waals surface area contributed by atoms with Crippen LogP contribution in [0.3, 0.4) is 0 Å². The lowest BCUT2D eigenvalue weighted by Gasteiger charge is -2.18. The lowest BCUT2D eigenvalue weighted by atomic mass is 10.0. The van der Waals surface area contributed by atoms with Crippen molar-refractivity contribution in [3.63, 3.8) is 0 Å². The average Bonchev–Trinajstić information content (AvgIpc) is 3.37. The highest BCUT2D eigenvalue weighted by Crippen LogP contribution is 2.17. The molecule has 0 aromatic rings. The van der Waals surface area contributed by atoms with Gasteiger partial charge >= 0.3 is 17.9 Å². The predicted molar refractivity (Wildman–Crippen MR) is 307 cm³/mol. The van der Waals surface area contributed by atoms with Gasteiger partial charge in [0.1, 0.15) is 13.2 Å². The maximum atomic E-state index is 12.9. The largest absolute Gasteiger partial charge is 0.462 e. The van der Waals surface area contributed by atoms with Gasteiger partial charge < -0.3 is 14.2 Å². The fourth-order valence-electron chi connectivity index (χ4n) is 9.09. The summed E-state index contributed by atoms with van der Waals surface area (Å²) in [5, 5.41) is 0. The summed E-state index contributed by atoms with van der Waals surface area (Å²) < 4.78 is 16.9. The number of ether oxygens (including phenoxy) is 3. The average molecular weight is 996 g/mol. The Bertz CT molecular complexity index is 1230. The summed E-state index contributed by atoms with van der Waals surface area (Å²) in [5.41, 5.74) is 0. The first-order valence-corrected chi connectivity index (χ1v) is 31.1. The topological polar surface area (TPSA) is 78.9 Å². The summed E-state index contributed by atoms with van der Waals surface area (Å²) in [6, 6.07) is 0. The zero-order chi connectivity index (χ0) is 51.4. The van der Waals surface area contributed by atoms with E-state index in [0.717, 1.165) is 77.0 Å². The Morgan fingerprint density at radius 1 is 0.282 bits per heavy atom. The van der Waals surface area contributed by atoms with Crippen LogP contribution in [0.4, 0.5) is 0 Å². The quantitative estimate of drug-likeness (QED) is 0.0261. The molecule has 0 aliphatic carbocycles. The maximum Gasteiger partial charge on any atom is 0.306 e. The van der Waals surface area contributed by atoms with E-state index < -0.39 is 6.10 Å². The van der Waals surface area contributed by atoms with Crippen molar-refractivity contribution in [2.24, 2.45) is 0 Å². The van der Waals surface area contributed by atoms with Gasteiger partial charge in [-0.3, -0.25) is 14.4 Å². The number of esters is 3. The van der Waals surface area contributed by atoms with Crippen LogP contribution < -0.4 is 0 Å². The van der Waals surface area contributed by atoms with Crippen LogP contribution in [0.2, 0.25) is 0 Å². The molecule has 0 aliphatic rings. The van der Waals surface area contributed by atoms with Crippen LogP contribution in [0.25, 0.3) is 0 Å². The zero-order valence-electron chi connectivity index (χ0n) is 47.5. The van der Waals surface area contributed by atoms with Crippen molar-refractivity contribution in [3.05, 3.63) is 48.6 Å². The van der Waals surface area contributed by atoms with Gasteiger partial charge in [0.25, 0.3) is 0 Å². The molecule has 0 spiro atoms. The van der Waals surface area contributed by atoms with Gasteiger partial charge in [0.05, 0.1) is 0 Å². The number of rotatable bonds is 57. The fourth-order valence-corrected chi connectivity index (χ4v) is 9.09. The fraction of sp³-hybridized carbons (Fsp3) is 0.831.